The molecular formula is C21H21ClN4O. The number of rotatable bonds is 3. The van der Waals surface area contributed by atoms with Gasteiger partial charge < -0.3 is 10.2 Å². The van der Waals surface area contributed by atoms with E-state index >= 15 is 0 Å². The third-order valence-corrected chi connectivity index (χ3v) is 5.21. The van der Waals surface area contributed by atoms with Gasteiger partial charge in [0, 0.05) is 44.3 Å². The molecule has 1 aromatic heterocycles. The molecule has 0 saturated carbocycles. The summed E-state index contributed by atoms with van der Waals surface area (Å²) in [6, 6.07) is 17.5. The molecule has 1 aliphatic heterocycles. The van der Waals surface area contributed by atoms with E-state index in [9.17, 15) is 4.79 Å². The smallest absolute Gasteiger partial charge is 0.321 e. The first-order chi connectivity index (χ1) is 13.2. The van der Waals surface area contributed by atoms with Gasteiger partial charge in [-0.15, -0.1) is 0 Å². The van der Waals surface area contributed by atoms with Gasteiger partial charge in [0.05, 0.1) is 16.2 Å². The Balaban J connectivity index is 1.36. The molecule has 2 aromatic carbocycles. The molecule has 1 saturated heterocycles. The van der Waals surface area contributed by atoms with Crippen LogP contribution in [0.15, 0.2) is 60.8 Å². The third kappa shape index (κ3) is 4.04. The van der Waals surface area contributed by atoms with Crippen LogP contribution in [-0.2, 0) is 6.54 Å². The number of pyridine rings is 1. The molecule has 5 nitrogen and oxygen atoms in total. The molecule has 1 N–H and O–H groups in total. The zero-order valence-electron chi connectivity index (χ0n) is 14.9. The number of benzene rings is 2. The van der Waals surface area contributed by atoms with Crippen LogP contribution in [-0.4, -0.2) is 47.0 Å². The van der Waals surface area contributed by atoms with Crippen molar-refractivity contribution in [2.75, 3.05) is 31.5 Å². The number of fused-ring (bicyclic) bond motifs is 1. The summed E-state index contributed by atoms with van der Waals surface area (Å²) in [6.45, 7) is 3.88. The van der Waals surface area contributed by atoms with Crippen molar-refractivity contribution in [1.29, 1.82) is 0 Å². The number of carbonyl (C=O) groups excluding carboxylic acids is 1. The van der Waals surface area contributed by atoms with E-state index in [1.165, 1.54) is 5.56 Å². The summed E-state index contributed by atoms with van der Waals surface area (Å²) in [5, 5.41) is 4.60. The molecule has 3 aromatic rings. The van der Waals surface area contributed by atoms with Crippen LogP contribution in [0.3, 0.4) is 0 Å². The summed E-state index contributed by atoms with van der Waals surface area (Å²) >= 11 is 6.12. The molecule has 0 bridgehead atoms. The van der Waals surface area contributed by atoms with Crippen molar-refractivity contribution in [2.45, 2.75) is 6.54 Å². The maximum absolute atomic E-state index is 12.5. The summed E-state index contributed by atoms with van der Waals surface area (Å²) in [7, 11) is 0. The Bertz CT molecular complexity index is 948. The number of hydrogen-bond acceptors (Lipinski definition) is 3. The minimum Gasteiger partial charge on any atom is -0.322 e. The number of nitrogens with zero attached hydrogens (tertiary/aromatic N) is 3. The van der Waals surface area contributed by atoms with E-state index in [-0.39, 0.29) is 6.03 Å². The Kier molecular flexibility index (Phi) is 5.23. The molecule has 0 aliphatic carbocycles. The standard InChI is InChI=1S/C21H21ClN4O/c22-18-8-1-2-9-19(18)24-21(27)26-13-11-25(12-14-26)15-17-6-3-5-16-7-4-10-23-20(16)17/h1-10H,11-15H2,(H,24,27). The van der Waals surface area contributed by atoms with E-state index in [4.69, 9.17) is 11.6 Å². The number of hydrogen-bond donors (Lipinski definition) is 1. The van der Waals surface area contributed by atoms with Crippen LogP contribution in [0.25, 0.3) is 10.9 Å². The van der Waals surface area contributed by atoms with Crippen molar-refractivity contribution in [1.82, 2.24) is 14.8 Å². The first-order valence-corrected chi connectivity index (χ1v) is 9.44. The van der Waals surface area contributed by atoms with Crippen LogP contribution in [0.4, 0.5) is 10.5 Å². The molecule has 0 spiro atoms. The van der Waals surface area contributed by atoms with E-state index in [0.717, 1.165) is 30.5 Å². The van der Waals surface area contributed by atoms with Crippen molar-refractivity contribution < 1.29 is 4.79 Å². The van der Waals surface area contributed by atoms with Gasteiger partial charge in [-0.1, -0.05) is 48.0 Å². The van der Waals surface area contributed by atoms with Gasteiger partial charge in [0.2, 0.25) is 0 Å². The molecule has 1 aliphatic rings. The molecule has 27 heavy (non-hydrogen) atoms. The van der Waals surface area contributed by atoms with Gasteiger partial charge in [0.15, 0.2) is 0 Å². The van der Waals surface area contributed by atoms with Crippen molar-refractivity contribution in [3.8, 4) is 0 Å². The fraction of sp³-hybridized carbons (Fsp3) is 0.238. The molecule has 6 heteroatoms. The summed E-state index contributed by atoms with van der Waals surface area (Å²) < 4.78 is 0. The van der Waals surface area contributed by atoms with Crippen LogP contribution in [0.1, 0.15) is 5.56 Å². The highest BCUT2D eigenvalue weighted by Gasteiger charge is 2.22. The first-order valence-electron chi connectivity index (χ1n) is 9.06. The van der Waals surface area contributed by atoms with Crippen LogP contribution >= 0.6 is 11.6 Å². The second-order valence-electron chi connectivity index (χ2n) is 6.67. The van der Waals surface area contributed by atoms with Gasteiger partial charge in [0.25, 0.3) is 0 Å². The number of urea groups is 1. The highest BCUT2D eigenvalue weighted by Crippen LogP contribution is 2.22. The lowest BCUT2D eigenvalue weighted by Gasteiger charge is -2.34. The van der Waals surface area contributed by atoms with Gasteiger partial charge in [-0.2, -0.15) is 0 Å². The van der Waals surface area contributed by atoms with Crippen molar-refractivity contribution in [3.63, 3.8) is 0 Å². The lowest BCUT2D eigenvalue weighted by molar-refractivity contribution is 0.143. The van der Waals surface area contributed by atoms with Gasteiger partial charge >= 0.3 is 6.03 Å². The second-order valence-corrected chi connectivity index (χ2v) is 7.07. The summed E-state index contributed by atoms with van der Waals surface area (Å²) in [5.74, 6) is 0. The summed E-state index contributed by atoms with van der Waals surface area (Å²) in [6.07, 6.45) is 1.84. The molecule has 2 amide bonds. The number of anilines is 1. The van der Waals surface area contributed by atoms with Crippen molar-refractivity contribution in [2.24, 2.45) is 0 Å². The predicted octanol–water partition coefficient (Wildman–Crippen LogP) is 4.24. The minimum absolute atomic E-state index is 0.102. The Morgan fingerprint density at radius 2 is 1.78 bits per heavy atom. The number of aromatic nitrogens is 1. The third-order valence-electron chi connectivity index (χ3n) is 4.89. The number of para-hydroxylation sites is 2. The number of nitrogens with one attached hydrogen (secondary N) is 1. The average molecular weight is 381 g/mol. The number of carbonyl (C=O) groups is 1. The molecule has 2 heterocycles. The zero-order chi connectivity index (χ0) is 18.6. The molecule has 0 radical (unpaired) electrons. The highest BCUT2D eigenvalue weighted by atomic mass is 35.5. The van der Waals surface area contributed by atoms with Gasteiger partial charge in [-0.05, 0) is 23.8 Å². The van der Waals surface area contributed by atoms with Crippen molar-refractivity contribution >= 4 is 34.2 Å². The van der Waals surface area contributed by atoms with Crippen LogP contribution in [0.2, 0.25) is 5.02 Å². The van der Waals surface area contributed by atoms with Gasteiger partial charge in [-0.3, -0.25) is 9.88 Å². The molecule has 1 fully saturated rings. The zero-order valence-corrected chi connectivity index (χ0v) is 15.7. The Labute approximate surface area is 163 Å². The van der Waals surface area contributed by atoms with E-state index in [1.54, 1.807) is 6.07 Å². The van der Waals surface area contributed by atoms with Gasteiger partial charge in [0.1, 0.15) is 0 Å². The van der Waals surface area contributed by atoms with Crippen LogP contribution in [0.5, 0.6) is 0 Å². The quantitative estimate of drug-likeness (QED) is 0.739. The minimum atomic E-state index is -0.102. The molecule has 0 unspecified atom stereocenters. The number of halogens is 1. The maximum Gasteiger partial charge on any atom is 0.321 e. The highest BCUT2D eigenvalue weighted by molar-refractivity contribution is 6.33. The molecular weight excluding hydrogens is 360 g/mol. The lowest BCUT2D eigenvalue weighted by Crippen LogP contribution is -2.49. The second kappa shape index (κ2) is 7.94. The van der Waals surface area contributed by atoms with Crippen molar-refractivity contribution in [3.05, 3.63) is 71.4 Å². The van der Waals surface area contributed by atoms with E-state index in [2.05, 4.69) is 39.5 Å². The molecule has 138 valence electrons. The Morgan fingerprint density at radius 1 is 1.00 bits per heavy atom. The Hall–Kier alpha value is -2.63. The number of amides is 2. The lowest BCUT2D eigenvalue weighted by atomic mass is 10.1. The SMILES string of the molecule is O=C(Nc1ccccc1Cl)N1CCN(Cc2cccc3cccnc23)CC1. The monoisotopic (exact) mass is 380 g/mol. The normalized spacial score (nSPS) is 15.1. The summed E-state index contributed by atoms with van der Waals surface area (Å²) in [4.78, 5) is 21.2. The molecule has 4 rings (SSSR count). The fourth-order valence-corrected chi connectivity index (χ4v) is 3.58. The average Bonchev–Trinajstić information content (AvgIpc) is 2.70. The summed E-state index contributed by atoms with van der Waals surface area (Å²) in [5.41, 5.74) is 2.93. The largest absolute Gasteiger partial charge is 0.322 e. The first kappa shape index (κ1) is 17.8. The Morgan fingerprint density at radius 3 is 2.59 bits per heavy atom. The topological polar surface area (TPSA) is 48.5 Å². The fourth-order valence-electron chi connectivity index (χ4n) is 3.40. The van der Waals surface area contributed by atoms with Crippen LogP contribution < -0.4 is 5.32 Å². The molecule has 0 atom stereocenters. The van der Waals surface area contributed by atoms with Crippen LogP contribution in [0, 0.1) is 0 Å². The number of piperazine rings is 1. The van der Waals surface area contributed by atoms with E-state index in [1.807, 2.05) is 35.4 Å². The van der Waals surface area contributed by atoms with Gasteiger partial charge in [-0.25, -0.2) is 4.79 Å². The van der Waals surface area contributed by atoms with E-state index < -0.39 is 0 Å². The maximum atomic E-state index is 12.5. The predicted molar refractivity (Wildman–Crippen MR) is 109 cm³/mol. The van der Waals surface area contributed by atoms with E-state index in [0.29, 0.717) is 23.8 Å².